The Balaban J connectivity index is 1.92. The zero-order valence-electron chi connectivity index (χ0n) is 8.36. The minimum absolute atomic E-state index is 0.0692. The summed E-state index contributed by atoms with van der Waals surface area (Å²) in [7, 11) is 0. The van der Waals surface area contributed by atoms with Gasteiger partial charge in [-0.3, -0.25) is 4.79 Å². The van der Waals surface area contributed by atoms with Crippen LogP contribution >= 0.6 is 0 Å². The molecule has 1 amide bonds. The first-order valence-electron chi connectivity index (χ1n) is 5.00. The average molecular weight is 200 g/mol. The fourth-order valence-corrected chi connectivity index (χ4v) is 1.48. The van der Waals surface area contributed by atoms with Gasteiger partial charge in [0.05, 0.1) is 12.5 Å². The molecule has 1 aromatic carbocycles. The summed E-state index contributed by atoms with van der Waals surface area (Å²) in [6.07, 6.45) is 1.92. The zero-order valence-corrected chi connectivity index (χ0v) is 8.36. The smallest absolute Gasteiger partial charge is 0.225 e. The van der Waals surface area contributed by atoms with Gasteiger partial charge >= 0.3 is 0 Å². The molecule has 0 radical (unpaired) electrons. The maximum Gasteiger partial charge on any atom is 0.225 e. The number of benzene rings is 1. The summed E-state index contributed by atoms with van der Waals surface area (Å²) >= 11 is 0. The Morgan fingerprint density at radius 3 is 2.60 bits per heavy atom. The second-order valence-corrected chi connectivity index (χ2v) is 3.90. The highest BCUT2D eigenvalue weighted by atomic mass is 16.1. The van der Waals surface area contributed by atoms with Crippen LogP contribution in [0.1, 0.15) is 18.4 Å². The number of carbonyl (C=O) groups is 1. The highest BCUT2D eigenvalue weighted by Gasteiger charge is 2.44. The van der Waals surface area contributed by atoms with Gasteiger partial charge in [0.25, 0.3) is 0 Å². The molecule has 0 atom stereocenters. The van der Waals surface area contributed by atoms with Gasteiger partial charge in [-0.15, -0.1) is 0 Å². The molecular weight excluding hydrogens is 188 g/mol. The van der Waals surface area contributed by atoms with E-state index in [-0.39, 0.29) is 5.91 Å². The van der Waals surface area contributed by atoms with Crippen LogP contribution in [-0.4, -0.2) is 11.4 Å². The van der Waals surface area contributed by atoms with E-state index in [0.717, 1.165) is 18.4 Å². The third kappa shape index (κ3) is 2.35. The molecule has 15 heavy (non-hydrogen) atoms. The lowest BCUT2D eigenvalue weighted by Gasteiger charge is -2.08. The largest absolute Gasteiger partial charge is 0.338 e. The predicted octanol–water partition coefficient (Wildman–Crippen LogP) is 1.40. The first-order chi connectivity index (χ1) is 7.24. The Bertz CT molecular complexity index is 401. The first kappa shape index (κ1) is 9.72. The van der Waals surface area contributed by atoms with Crippen molar-refractivity contribution in [2.45, 2.75) is 24.8 Å². The van der Waals surface area contributed by atoms with Crippen LogP contribution < -0.4 is 5.32 Å². The highest BCUT2D eigenvalue weighted by Crippen LogP contribution is 2.34. The van der Waals surface area contributed by atoms with E-state index in [1.807, 2.05) is 30.3 Å². The van der Waals surface area contributed by atoms with Gasteiger partial charge in [-0.05, 0) is 18.4 Å². The van der Waals surface area contributed by atoms with Crippen LogP contribution in [0.25, 0.3) is 0 Å². The summed E-state index contributed by atoms with van der Waals surface area (Å²) < 4.78 is 0. The zero-order chi connectivity index (χ0) is 10.7. The molecule has 0 heterocycles. The van der Waals surface area contributed by atoms with Crippen LogP contribution in [0.4, 0.5) is 0 Å². The number of hydrogen-bond acceptors (Lipinski definition) is 2. The summed E-state index contributed by atoms with van der Waals surface area (Å²) in [4.78, 5) is 11.6. The Kier molecular flexibility index (Phi) is 2.42. The molecule has 0 unspecified atom stereocenters. The Hall–Kier alpha value is -1.82. The van der Waals surface area contributed by atoms with Gasteiger partial charge in [0.1, 0.15) is 5.54 Å². The summed E-state index contributed by atoms with van der Waals surface area (Å²) in [5.41, 5.74) is 0.426. The fraction of sp³-hybridized carbons (Fsp3) is 0.333. The summed E-state index contributed by atoms with van der Waals surface area (Å²) in [5.74, 6) is -0.0692. The van der Waals surface area contributed by atoms with Crippen molar-refractivity contribution >= 4 is 5.91 Å². The quantitative estimate of drug-likeness (QED) is 0.801. The SMILES string of the molecule is N#CC1(NC(=O)Cc2ccccc2)CC1. The van der Waals surface area contributed by atoms with Crippen molar-refractivity contribution in [3.8, 4) is 6.07 Å². The Labute approximate surface area is 88.7 Å². The van der Waals surface area contributed by atoms with Gasteiger partial charge < -0.3 is 5.32 Å². The second kappa shape index (κ2) is 3.74. The van der Waals surface area contributed by atoms with Crippen LogP contribution in [0.5, 0.6) is 0 Å². The molecule has 1 aliphatic rings. The van der Waals surface area contributed by atoms with Crippen LogP contribution in [0, 0.1) is 11.3 Å². The van der Waals surface area contributed by atoms with E-state index in [1.165, 1.54) is 0 Å². The van der Waals surface area contributed by atoms with Crippen molar-refractivity contribution in [2.75, 3.05) is 0 Å². The van der Waals surface area contributed by atoms with E-state index >= 15 is 0 Å². The minimum atomic E-state index is -0.550. The number of nitrogens with one attached hydrogen (secondary N) is 1. The minimum Gasteiger partial charge on any atom is -0.338 e. The molecule has 1 N–H and O–H groups in total. The van der Waals surface area contributed by atoms with E-state index in [0.29, 0.717) is 6.42 Å². The van der Waals surface area contributed by atoms with Gasteiger partial charge in [0.2, 0.25) is 5.91 Å². The second-order valence-electron chi connectivity index (χ2n) is 3.90. The van der Waals surface area contributed by atoms with Crippen LogP contribution in [0.2, 0.25) is 0 Å². The van der Waals surface area contributed by atoms with Crippen LogP contribution in [-0.2, 0) is 11.2 Å². The molecule has 1 aliphatic carbocycles. The topological polar surface area (TPSA) is 52.9 Å². The number of carbonyl (C=O) groups excluding carboxylic acids is 1. The van der Waals surface area contributed by atoms with Gasteiger partial charge in [-0.2, -0.15) is 5.26 Å². The first-order valence-corrected chi connectivity index (χ1v) is 5.00. The maximum absolute atomic E-state index is 11.6. The Morgan fingerprint density at radius 2 is 2.07 bits per heavy atom. The lowest BCUT2D eigenvalue weighted by molar-refractivity contribution is -0.121. The van der Waals surface area contributed by atoms with Crippen LogP contribution in [0.3, 0.4) is 0 Å². The Morgan fingerprint density at radius 1 is 1.40 bits per heavy atom. The third-order valence-corrected chi connectivity index (χ3v) is 2.55. The molecular formula is C12H12N2O. The summed E-state index contributed by atoms with van der Waals surface area (Å²) in [5, 5.41) is 11.6. The number of rotatable bonds is 3. The molecule has 0 bridgehead atoms. The average Bonchev–Trinajstić information content (AvgIpc) is 3.00. The lowest BCUT2D eigenvalue weighted by Crippen LogP contribution is -2.36. The maximum atomic E-state index is 11.6. The molecule has 1 aromatic rings. The molecule has 3 heteroatoms. The summed E-state index contributed by atoms with van der Waals surface area (Å²) in [6, 6.07) is 11.7. The fourth-order valence-electron chi connectivity index (χ4n) is 1.48. The van der Waals surface area contributed by atoms with Gasteiger partial charge in [0.15, 0.2) is 0 Å². The van der Waals surface area contributed by atoms with Crippen LogP contribution in [0.15, 0.2) is 30.3 Å². The molecule has 0 aliphatic heterocycles. The number of nitrogens with zero attached hydrogens (tertiary/aromatic N) is 1. The van der Waals surface area contributed by atoms with Crippen molar-refractivity contribution < 1.29 is 4.79 Å². The summed E-state index contributed by atoms with van der Waals surface area (Å²) in [6.45, 7) is 0. The molecule has 0 saturated heterocycles. The van der Waals surface area contributed by atoms with Crippen molar-refractivity contribution in [1.29, 1.82) is 5.26 Å². The molecule has 2 rings (SSSR count). The molecule has 3 nitrogen and oxygen atoms in total. The molecule has 1 saturated carbocycles. The lowest BCUT2D eigenvalue weighted by atomic mass is 10.1. The standard InChI is InChI=1S/C12H12N2O/c13-9-12(6-7-12)14-11(15)8-10-4-2-1-3-5-10/h1-5H,6-8H2,(H,14,15). The van der Waals surface area contributed by atoms with Crippen molar-refractivity contribution in [3.05, 3.63) is 35.9 Å². The van der Waals surface area contributed by atoms with Crippen molar-refractivity contribution in [2.24, 2.45) is 0 Å². The van der Waals surface area contributed by atoms with E-state index in [9.17, 15) is 4.79 Å². The highest BCUT2D eigenvalue weighted by molar-refractivity contribution is 5.80. The van der Waals surface area contributed by atoms with Crippen molar-refractivity contribution in [1.82, 2.24) is 5.32 Å². The van der Waals surface area contributed by atoms with Gasteiger partial charge in [0, 0.05) is 0 Å². The van der Waals surface area contributed by atoms with Gasteiger partial charge in [-0.25, -0.2) is 0 Å². The number of nitriles is 1. The monoisotopic (exact) mass is 200 g/mol. The molecule has 1 fully saturated rings. The number of hydrogen-bond donors (Lipinski definition) is 1. The molecule has 0 spiro atoms. The molecule has 0 aromatic heterocycles. The van der Waals surface area contributed by atoms with Crippen molar-refractivity contribution in [3.63, 3.8) is 0 Å². The van der Waals surface area contributed by atoms with E-state index in [1.54, 1.807) is 0 Å². The van der Waals surface area contributed by atoms with Gasteiger partial charge in [-0.1, -0.05) is 30.3 Å². The van der Waals surface area contributed by atoms with E-state index < -0.39 is 5.54 Å². The number of amides is 1. The van der Waals surface area contributed by atoms with E-state index in [4.69, 9.17) is 5.26 Å². The third-order valence-electron chi connectivity index (χ3n) is 2.55. The predicted molar refractivity (Wildman–Crippen MR) is 55.9 cm³/mol. The molecule has 76 valence electrons. The normalized spacial score (nSPS) is 16.5. The van der Waals surface area contributed by atoms with E-state index in [2.05, 4.69) is 11.4 Å².